The standard InChI is InChI=1S/C13H12ClNO5/c14-10(16)7-9-12(17)20-11(15(9)13(18)19)6-8-4-2-1-3-5-8/h1-5,9,11H,6-7H2,(H,18,19)/t9?,11-/m0/s1. The van der Waals surface area contributed by atoms with Crippen LogP contribution in [-0.4, -0.2) is 39.6 Å². The van der Waals surface area contributed by atoms with Crippen LogP contribution in [-0.2, 0) is 20.7 Å². The lowest BCUT2D eigenvalue weighted by molar-refractivity contribution is -0.143. The highest BCUT2D eigenvalue weighted by Crippen LogP contribution is 2.24. The number of amides is 1. The number of hydrogen-bond donors (Lipinski definition) is 1. The molecule has 6 nitrogen and oxygen atoms in total. The molecular weight excluding hydrogens is 286 g/mol. The fraction of sp³-hybridized carbons (Fsp3) is 0.308. The normalized spacial score (nSPS) is 21.6. The van der Waals surface area contributed by atoms with E-state index >= 15 is 0 Å². The average molecular weight is 298 g/mol. The number of benzene rings is 1. The Hall–Kier alpha value is -2.08. The Bertz CT molecular complexity index is 533. The van der Waals surface area contributed by atoms with E-state index in [2.05, 4.69) is 0 Å². The zero-order valence-corrected chi connectivity index (χ0v) is 11.1. The average Bonchev–Trinajstić information content (AvgIpc) is 2.66. The van der Waals surface area contributed by atoms with E-state index in [0.29, 0.717) is 0 Å². The molecule has 1 amide bonds. The fourth-order valence-corrected chi connectivity index (χ4v) is 2.28. The van der Waals surface area contributed by atoms with Gasteiger partial charge < -0.3 is 9.84 Å². The molecule has 1 fully saturated rings. The predicted molar refractivity (Wildman–Crippen MR) is 69.2 cm³/mol. The fourth-order valence-electron chi connectivity index (χ4n) is 2.13. The molecule has 1 saturated heterocycles. The molecule has 0 aliphatic carbocycles. The first-order valence-electron chi connectivity index (χ1n) is 5.93. The number of esters is 1. The maximum atomic E-state index is 11.7. The van der Waals surface area contributed by atoms with Crippen molar-refractivity contribution in [3.8, 4) is 0 Å². The summed E-state index contributed by atoms with van der Waals surface area (Å²) in [5, 5.41) is 8.42. The molecule has 1 heterocycles. The van der Waals surface area contributed by atoms with Crippen LogP contribution in [0.15, 0.2) is 30.3 Å². The van der Waals surface area contributed by atoms with Gasteiger partial charge in [0.15, 0.2) is 6.23 Å². The van der Waals surface area contributed by atoms with Crippen molar-refractivity contribution in [2.45, 2.75) is 25.1 Å². The molecule has 1 aromatic rings. The maximum Gasteiger partial charge on any atom is 0.410 e. The van der Waals surface area contributed by atoms with Gasteiger partial charge in [0.05, 0.1) is 6.42 Å². The zero-order chi connectivity index (χ0) is 14.7. The number of carbonyl (C=O) groups is 3. The van der Waals surface area contributed by atoms with E-state index in [1.54, 1.807) is 24.3 Å². The van der Waals surface area contributed by atoms with Gasteiger partial charge in [-0.2, -0.15) is 0 Å². The first-order valence-corrected chi connectivity index (χ1v) is 6.31. The van der Waals surface area contributed by atoms with E-state index in [0.717, 1.165) is 10.5 Å². The Balaban J connectivity index is 2.18. The molecule has 0 radical (unpaired) electrons. The molecule has 0 aromatic heterocycles. The van der Waals surface area contributed by atoms with Gasteiger partial charge in [-0.15, -0.1) is 0 Å². The van der Waals surface area contributed by atoms with Crippen molar-refractivity contribution in [3.63, 3.8) is 0 Å². The topological polar surface area (TPSA) is 83.9 Å². The van der Waals surface area contributed by atoms with Crippen molar-refractivity contribution in [2.24, 2.45) is 0 Å². The quantitative estimate of drug-likeness (QED) is 0.674. The summed E-state index contributed by atoms with van der Waals surface area (Å²) in [6.45, 7) is 0. The Kier molecular flexibility index (Phi) is 4.24. The van der Waals surface area contributed by atoms with E-state index in [1.165, 1.54) is 0 Å². The summed E-state index contributed by atoms with van der Waals surface area (Å²) in [7, 11) is 0. The smallest absolute Gasteiger partial charge is 0.410 e. The van der Waals surface area contributed by atoms with Crippen molar-refractivity contribution >= 4 is 28.9 Å². The number of halogens is 1. The summed E-state index contributed by atoms with van der Waals surface area (Å²) in [6.07, 6.45) is -2.42. The molecule has 2 rings (SSSR count). The predicted octanol–water partition coefficient (Wildman–Crippen LogP) is 1.62. The van der Waals surface area contributed by atoms with Gasteiger partial charge in [0, 0.05) is 6.42 Å². The Labute approximate surface area is 119 Å². The Morgan fingerprint density at radius 2 is 1.95 bits per heavy atom. The van der Waals surface area contributed by atoms with Crippen molar-refractivity contribution in [3.05, 3.63) is 35.9 Å². The van der Waals surface area contributed by atoms with Gasteiger partial charge in [0.1, 0.15) is 6.04 Å². The third kappa shape index (κ3) is 3.08. The Morgan fingerprint density at radius 3 is 2.50 bits per heavy atom. The highest BCUT2D eigenvalue weighted by Gasteiger charge is 2.45. The highest BCUT2D eigenvalue weighted by atomic mass is 35.5. The maximum absolute atomic E-state index is 11.7. The van der Waals surface area contributed by atoms with Crippen LogP contribution in [0.25, 0.3) is 0 Å². The summed E-state index contributed by atoms with van der Waals surface area (Å²) in [5.74, 6) is -0.748. The Morgan fingerprint density at radius 1 is 1.30 bits per heavy atom. The van der Waals surface area contributed by atoms with Gasteiger partial charge in [-0.05, 0) is 17.2 Å². The molecule has 1 aliphatic heterocycles. The molecular formula is C13H12ClNO5. The molecule has 106 valence electrons. The minimum absolute atomic E-state index is 0.228. The summed E-state index contributed by atoms with van der Waals surface area (Å²) in [6, 6.07) is 7.86. The first-order chi connectivity index (χ1) is 9.49. The van der Waals surface area contributed by atoms with Crippen LogP contribution in [0.4, 0.5) is 4.79 Å². The van der Waals surface area contributed by atoms with Gasteiger partial charge in [-0.1, -0.05) is 30.3 Å². The van der Waals surface area contributed by atoms with Crippen molar-refractivity contribution in [1.82, 2.24) is 4.90 Å². The first kappa shape index (κ1) is 14.3. The van der Waals surface area contributed by atoms with Gasteiger partial charge in [-0.3, -0.25) is 9.69 Å². The van der Waals surface area contributed by atoms with Crippen LogP contribution in [0.3, 0.4) is 0 Å². The number of nitrogens with zero attached hydrogens (tertiary/aromatic N) is 1. The molecule has 0 spiro atoms. The van der Waals surface area contributed by atoms with Crippen LogP contribution in [0, 0.1) is 0 Å². The van der Waals surface area contributed by atoms with Gasteiger partial charge >= 0.3 is 12.1 Å². The van der Waals surface area contributed by atoms with Crippen molar-refractivity contribution in [2.75, 3.05) is 0 Å². The lowest BCUT2D eigenvalue weighted by Gasteiger charge is -2.22. The minimum Gasteiger partial charge on any atom is -0.465 e. The van der Waals surface area contributed by atoms with E-state index in [1.807, 2.05) is 6.07 Å². The molecule has 2 atom stereocenters. The number of ether oxygens (including phenoxy) is 1. The third-order valence-corrected chi connectivity index (χ3v) is 3.15. The lowest BCUT2D eigenvalue weighted by atomic mass is 10.1. The van der Waals surface area contributed by atoms with E-state index in [-0.39, 0.29) is 6.42 Å². The molecule has 1 aromatic carbocycles. The van der Waals surface area contributed by atoms with Crippen molar-refractivity contribution in [1.29, 1.82) is 0 Å². The number of rotatable bonds is 4. The molecule has 7 heteroatoms. The molecule has 1 aliphatic rings. The summed E-state index contributed by atoms with van der Waals surface area (Å²) in [5.41, 5.74) is 0.828. The molecule has 1 unspecified atom stereocenters. The molecule has 20 heavy (non-hydrogen) atoms. The van der Waals surface area contributed by atoms with Gasteiger partial charge in [0.2, 0.25) is 5.24 Å². The van der Waals surface area contributed by atoms with Crippen LogP contribution in [0.1, 0.15) is 12.0 Å². The van der Waals surface area contributed by atoms with E-state index in [9.17, 15) is 19.5 Å². The molecule has 0 bridgehead atoms. The van der Waals surface area contributed by atoms with E-state index in [4.69, 9.17) is 16.3 Å². The monoisotopic (exact) mass is 297 g/mol. The van der Waals surface area contributed by atoms with Crippen LogP contribution < -0.4 is 0 Å². The van der Waals surface area contributed by atoms with Gasteiger partial charge in [0.25, 0.3) is 0 Å². The SMILES string of the molecule is O=C(Cl)CC1C(=O)O[C@@H](Cc2ccccc2)N1C(=O)O. The number of cyclic esters (lactones) is 1. The van der Waals surface area contributed by atoms with Gasteiger partial charge in [-0.25, -0.2) is 9.59 Å². The second-order valence-electron chi connectivity index (χ2n) is 4.35. The van der Waals surface area contributed by atoms with Crippen LogP contribution >= 0.6 is 11.6 Å². The molecule has 1 N–H and O–H groups in total. The second-order valence-corrected chi connectivity index (χ2v) is 4.77. The second kappa shape index (κ2) is 5.92. The van der Waals surface area contributed by atoms with Crippen LogP contribution in [0.5, 0.6) is 0 Å². The number of hydrogen-bond acceptors (Lipinski definition) is 4. The largest absolute Gasteiger partial charge is 0.465 e. The summed E-state index contributed by atoms with van der Waals surface area (Å²) in [4.78, 5) is 34.7. The molecule has 0 saturated carbocycles. The van der Waals surface area contributed by atoms with Crippen molar-refractivity contribution < 1.29 is 24.2 Å². The number of carboxylic acid groups (broad SMARTS) is 1. The summed E-state index contributed by atoms with van der Waals surface area (Å²) >= 11 is 5.23. The lowest BCUT2D eigenvalue weighted by Crippen LogP contribution is -2.43. The number of carbonyl (C=O) groups excluding carboxylic acids is 2. The van der Waals surface area contributed by atoms with Crippen LogP contribution in [0.2, 0.25) is 0 Å². The highest BCUT2D eigenvalue weighted by molar-refractivity contribution is 6.63. The third-order valence-electron chi connectivity index (χ3n) is 3.00. The zero-order valence-electron chi connectivity index (χ0n) is 10.4. The minimum atomic E-state index is -1.32. The summed E-state index contributed by atoms with van der Waals surface area (Å²) < 4.78 is 5.05. The van der Waals surface area contributed by atoms with E-state index < -0.39 is 36.0 Å².